The average molecular weight is 450 g/mol. The van der Waals surface area contributed by atoms with E-state index in [1.54, 1.807) is 0 Å². The van der Waals surface area contributed by atoms with Gasteiger partial charge in [0, 0.05) is 28.6 Å². The molecule has 1 heterocycles. The smallest absolute Gasteiger partial charge is 0.251 e. The molecule has 0 saturated carbocycles. The van der Waals surface area contributed by atoms with Crippen molar-refractivity contribution in [2.75, 3.05) is 26.2 Å². The quantitative estimate of drug-likeness (QED) is 0.522. The number of hydrogen-bond donors (Lipinski definition) is 2. The molecule has 1 aliphatic rings. The van der Waals surface area contributed by atoms with Crippen LogP contribution in [-0.4, -0.2) is 42.9 Å². The second kappa shape index (κ2) is 10.2. The fraction of sp³-hybridized carbons (Fsp3) is 0.308. The molecule has 0 atom stereocenters. The number of halogens is 1. The highest BCUT2D eigenvalue weighted by Gasteiger charge is 2.22. The molecule has 0 spiro atoms. The van der Waals surface area contributed by atoms with Gasteiger partial charge in [-0.25, -0.2) is 0 Å². The Bertz CT molecular complexity index is 1120. The first-order chi connectivity index (χ1) is 15.5. The molecule has 6 heteroatoms. The first kappa shape index (κ1) is 22.3. The number of amides is 2. The number of carbonyl (C=O) groups is 2. The summed E-state index contributed by atoms with van der Waals surface area (Å²) in [6, 6.07) is 19.7. The van der Waals surface area contributed by atoms with E-state index < -0.39 is 0 Å². The predicted octanol–water partition coefficient (Wildman–Crippen LogP) is 4.48. The Kier molecular flexibility index (Phi) is 7.08. The van der Waals surface area contributed by atoms with Gasteiger partial charge in [0.05, 0.1) is 0 Å². The van der Waals surface area contributed by atoms with Gasteiger partial charge in [-0.15, -0.1) is 0 Å². The number of rotatable bonds is 7. The normalized spacial score (nSPS) is 15.0. The molecule has 4 rings (SSSR count). The van der Waals surface area contributed by atoms with Crippen LogP contribution in [0.25, 0.3) is 21.9 Å². The fourth-order valence-corrected chi connectivity index (χ4v) is 4.54. The molecule has 0 bridgehead atoms. The molecule has 0 radical (unpaired) electrons. The number of primary amides is 1. The molecule has 3 N–H and O–H groups in total. The highest BCUT2D eigenvalue weighted by atomic mass is 35.5. The van der Waals surface area contributed by atoms with Crippen molar-refractivity contribution < 1.29 is 9.59 Å². The molecule has 0 aromatic heterocycles. The Morgan fingerprint density at radius 3 is 2.47 bits per heavy atom. The second-order valence-electron chi connectivity index (χ2n) is 8.38. The lowest BCUT2D eigenvalue weighted by molar-refractivity contribution is -0.123. The van der Waals surface area contributed by atoms with Crippen molar-refractivity contribution in [1.29, 1.82) is 0 Å². The number of nitrogens with zero attached hydrogens (tertiary/aromatic N) is 1. The van der Waals surface area contributed by atoms with Gasteiger partial charge in [0.25, 0.3) is 5.91 Å². The molecule has 2 amide bonds. The molecule has 1 aliphatic heterocycles. The van der Waals surface area contributed by atoms with E-state index in [9.17, 15) is 9.59 Å². The minimum atomic E-state index is -0.188. The van der Waals surface area contributed by atoms with Crippen LogP contribution in [0.3, 0.4) is 0 Å². The largest absolute Gasteiger partial charge is 0.369 e. The van der Waals surface area contributed by atoms with Crippen LogP contribution >= 0.6 is 11.6 Å². The van der Waals surface area contributed by atoms with Crippen molar-refractivity contribution in [3.63, 3.8) is 0 Å². The van der Waals surface area contributed by atoms with Crippen molar-refractivity contribution in [2.24, 2.45) is 11.7 Å². The average Bonchev–Trinajstić information content (AvgIpc) is 2.81. The summed E-state index contributed by atoms with van der Waals surface area (Å²) in [5.41, 5.74) is 8.10. The minimum absolute atomic E-state index is 0.0135. The van der Waals surface area contributed by atoms with Crippen molar-refractivity contribution in [1.82, 2.24) is 10.2 Å². The minimum Gasteiger partial charge on any atom is -0.369 e. The van der Waals surface area contributed by atoms with Gasteiger partial charge in [0.15, 0.2) is 0 Å². The first-order valence-corrected chi connectivity index (χ1v) is 11.5. The lowest BCUT2D eigenvalue weighted by Crippen LogP contribution is -2.39. The molecule has 5 nitrogen and oxygen atoms in total. The summed E-state index contributed by atoms with van der Waals surface area (Å²) in [6.07, 6.45) is 2.54. The van der Waals surface area contributed by atoms with E-state index in [1.807, 2.05) is 54.6 Å². The van der Waals surface area contributed by atoms with Crippen molar-refractivity contribution >= 4 is 34.2 Å². The van der Waals surface area contributed by atoms with Crippen molar-refractivity contribution in [3.8, 4) is 11.1 Å². The SMILES string of the molecule is NC(=O)C1CCN(CCCNC(=O)c2ccc3cc(-c4ccccc4Cl)ccc3c2)CC1. The first-order valence-electron chi connectivity index (χ1n) is 11.1. The summed E-state index contributed by atoms with van der Waals surface area (Å²) in [7, 11) is 0. The van der Waals surface area contributed by atoms with Crippen LogP contribution < -0.4 is 11.1 Å². The molecule has 0 aliphatic carbocycles. The van der Waals surface area contributed by atoms with E-state index in [-0.39, 0.29) is 17.7 Å². The van der Waals surface area contributed by atoms with Gasteiger partial charge in [-0.1, -0.05) is 48.0 Å². The number of carbonyl (C=O) groups excluding carboxylic acids is 2. The summed E-state index contributed by atoms with van der Waals surface area (Å²) < 4.78 is 0. The van der Waals surface area contributed by atoms with Gasteiger partial charge in [-0.2, -0.15) is 0 Å². The number of nitrogens with one attached hydrogen (secondary N) is 1. The Labute approximate surface area is 193 Å². The van der Waals surface area contributed by atoms with E-state index in [0.717, 1.165) is 65.8 Å². The Hall–Kier alpha value is -2.89. The Morgan fingerprint density at radius 2 is 1.72 bits per heavy atom. The van der Waals surface area contributed by atoms with Gasteiger partial charge in [-0.3, -0.25) is 9.59 Å². The standard InChI is InChI=1S/C26H28ClN3O2/c27-24-5-2-1-4-23(24)21-8-6-20-17-22(9-7-19(20)16-21)26(32)29-12-3-13-30-14-10-18(11-15-30)25(28)31/h1-2,4-9,16-18H,3,10-15H2,(H2,28,31)(H,29,32). The van der Waals surface area contributed by atoms with Crippen LogP contribution in [0.4, 0.5) is 0 Å². The van der Waals surface area contributed by atoms with E-state index >= 15 is 0 Å². The van der Waals surface area contributed by atoms with Crippen LogP contribution in [0, 0.1) is 5.92 Å². The van der Waals surface area contributed by atoms with Crippen molar-refractivity contribution in [3.05, 3.63) is 71.2 Å². The maximum atomic E-state index is 12.6. The number of hydrogen-bond acceptors (Lipinski definition) is 3. The maximum absolute atomic E-state index is 12.6. The van der Waals surface area contributed by atoms with Gasteiger partial charge >= 0.3 is 0 Å². The molecule has 3 aromatic rings. The molecule has 3 aromatic carbocycles. The van der Waals surface area contributed by atoms with Crippen LogP contribution in [0.2, 0.25) is 5.02 Å². The summed E-state index contributed by atoms with van der Waals surface area (Å²) in [6.45, 7) is 3.32. The third-order valence-corrected chi connectivity index (χ3v) is 6.54. The lowest BCUT2D eigenvalue weighted by Gasteiger charge is -2.30. The molecule has 32 heavy (non-hydrogen) atoms. The van der Waals surface area contributed by atoms with Crippen molar-refractivity contribution in [2.45, 2.75) is 19.3 Å². The number of fused-ring (bicyclic) bond motifs is 1. The van der Waals surface area contributed by atoms with Crippen LogP contribution in [0.1, 0.15) is 29.6 Å². The van der Waals surface area contributed by atoms with Gasteiger partial charge in [-0.05, 0) is 79.5 Å². The second-order valence-corrected chi connectivity index (χ2v) is 8.79. The van der Waals surface area contributed by atoms with Crippen LogP contribution in [0.15, 0.2) is 60.7 Å². The van der Waals surface area contributed by atoms with Gasteiger partial charge in [0.2, 0.25) is 5.91 Å². The predicted molar refractivity (Wildman–Crippen MR) is 130 cm³/mol. The third-order valence-electron chi connectivity index (χ3n) is 6.21. The van der Waals surface area contributed by atoms with E-state index in [4.69, 9.17) is 17.3 Å². The zero-order valence-electron chi connectivity index (χ0n) is 18.0. The Morgan fingerprint density at radius 1 is 1.00 bits per heavy atom. The summed E-state index contributed by atoms with van der Waals surface area (Å²) >= 11 is 6.33. The highest BCUT2D eigenvalue weighted by molar-refractivity contribution is 6.33. The van der Waals surface area contributed by atoms with Crippen LogP contribution in [-0.2, 0) is 4.79 Å². The number of piperidine rings is 1. The summed E-state index contributed by atoms with van der Waals surface area (Å²) in [5, 5.41) is 5.83. The highest BCUT2D eigenvalue weighted by Crippen LogP contribution is 2.30. The van der Waals surface area contributed by atoms with Crippen LogP contribution in [0.5, 0.6) is 0 Å². The summed E-state index contributed by atoms with van der Waals surface area (Å²) in [5.74, 6) is -0.235. The monoisotopic (exact) mass is 449 g/mol. The zero-order valence-corrected chi connectivity index (χ0v) is 18.8. The van der Waals surface area contributed by atoms with E-state index in [0.29, 0.717) is 12.1 Å². The molecular weight excluding hydrogens is 422 g/mol. The third kappa shape index (κ3) is 5.29. The van der Waals surface area contributed by atoms with Gasteiger partial charge < -0.3 is 16.0 Å². The topological polar surface area (TPSA) is 75.4 Å². The van der Waals surface area contributed by atoms with E-state index in [1.165, 1.54) is 0 Å². The molecule has 166 valence electrons. The summed E-state index contributed by atoms with van der Waals surface area (Å²) in [4.78, 5) is 26.2. The number of nitrogens with two attached hydrogens (primary N) is 1. The number of benzene rings is 3. The maximum Gasteiger partial charge on any atom is 0.251 e. The Balaban J connectivity index is 1.31. The lowest BCUT2D eigenvalue weighted by atomic mass is 9.96. The van der Waals surface area contributed by atoms with E-state index in [2.05, 4.69) is 16.3 Å². The van der Waals surface area contributed by atoms with Gasteiger partial charge in [0.1, 0.15) is 0 Å². The number of likely N-dealkylation sites (tertiary alicyclic amines) is 1. The molecule has 1 fully saturated rings. The molecule has 1 saturated heterocycles. The fourth-order valence-electron chi connectivity index (χ4n) is 4.30. The zero-order chi connectivity index (χ0) is 22.5. The molecular formula is C26H28ClN3O2. The molecule has 0 unspecified atom stereocenters.